The van der Waals surface area contributed by atoms with Crippen molar-refractivity contribution in [1.29, 1.82) is 0 Å². The van der Waals surface area contributed by atoms with Gasteiger partial charge < -0.3 is 5.11 Å². The zero-order valence-corrected chi connectivity index (χ0v) is 8.25. The third kappa shape index (κ3) is 2.43. The van der Waals surface area contributed by atoms with Gasteiger partial charge in [-0.3, -0.25) is 0 Å². The van der Waals surface area contributed by atoms with Crippen LogP contribution in [0.1, 0.15) is 24.5 Å². The highest BCUT2D eigenvalue weighted by Crippen LogP contribution is 2.24. The summed E-state index contributed by atoms with van der Waals surface area (Å²) in [5.41, 5.74) is 1.34. The molecule has 0 saturated carbocycles. The normalized spacial score (nSPS) is 15.0. The lowest BCUT2D eigenvalue weighted by Crippen LogP contribution is -2.19. The lowest BCUT2D eigenvalue weighted by atomic mass is 9.92. The van der Waals surface area contributed by atoms with Crippen LogP contribution in [0.3, 0.4) is 0 Å². The van der Waals surface area contributed by atoms with E-state index in [1.54, 1.807) is 6.08 Å². The van der Waals surface area contributed by atoms with E-state index in [-0.39, 0.29) is 0 Å². The summed E-state index contributed by atoms with van der Waals surface area (Å²) in [5, 5.41) is 10.0. The second-order valence-corrected chi connectivity index (χ2v) is 3.64. The Balaban J connectivity index is 2.99. The highest BCUT2D eigenvalue weighted by Gasteiger charge is 2.20. The minimum atomic E-state index is -0.784. The summed E-state index contributed by atoms with van der Waals surface area (Å²) in [6, 6.07) is 7.93. The lowest BCUT2D eigenvalue weighted by molar-refractivity contribution is 0.0606. The van der Waals surface area contributed by atoms with E-state index >= 15 is 0 Å². The molecule has 0 spiro atoms. The first kappa shape index (κ1) is 10.0. The number of rotatable bonds is 3. The molecule has 1 rings (SSSR count). The molecule has 0 saturated heterocycles. The van der Waals surface area contributed by atoms with Crippen molar-refractivity contribution in [3.63, 3.8) is 0 Å². The zero-order chi connectivity index (χ0) is 9.90. The molecule has 1 heteroatoms. The minimum absolute atomic E-state index is 0.580. The van der Waals surface area contributed by atoms with Crippen LogP contribution < -0.4 is 0 Å². The van der Waals surface area contributed by atoms with E-state index in [0.717, 1.165) is 5.56 Å². The molecular formula is C12H16O. The maximum absolute atomic E-state index is 10.0. The molecule has 0 radical (unpaired) electrons. The Morgan fingerprint density at radius 3 is 2.77 bits per heavy atom. The van der Waals surface area contributed by atoms with Gasteiger partial charge in [-0.05, 0) is 25.8 Å². The third-order valence-corrected chi connectivity index (χ3v) is 2.18. The molecule has 0 amide bonds. The summed E-state index contributed by atoms with van der Waals surface area (Å²) in [4.78, 5) is 0. The molecule has 0 aliphatic rings. The highest BCUT2D eigenvalue weighted by molar-refractivity contribution is 5.27. The fourth-order valence-corrected chi connectivity index (χ4v) is 1.38. The van der Waals surface area contributed by atoms with Crippen LogP contribution >= 0.6 is 0 Å². The smallest absolute Gasteiger partial charge is 0.0902 e. The standard InChI is InChI=1S/C12H16O/c1-4-8-12(3,13)11-7-5-6-10(2)9-11/h4-7,9,13H,1,8H2,2-3H3. The first-order chi connectivity index (χ1) is 6.06. The van der Waals surface area contributed by atoms with Gasteiger partial charge >= 0.3 is 0 Å². The molecule has 13 heavy (non-hydrogen) atoms. The number of aryl methyl sites for hydroxylation is 1. The maximum atomic E-state index is 10.0. The van der Waals surface area contributed by atoms with Crippen molar-refractivity contribution in [2.45, 2.75) is 25.9 Å². The SMILES string of the molecule is C=CCC(C)(O)c1cccc(C)c1. The van der Waals surface area contributed by atoms with Gasteiger partial charge in [0.05, 0.1) is 5.60 Å². The van der Waals surface area contributed by atoms with E-state index in [2.05, 4.69) is 6.58 Å². The summed E-state index contributed by atoms with van der Waals surface area (Å²) in [7, 11) is 0. The van der Waals surface area contributed by atoms with Gasteiger partial charge in [-0.15, -0.1) is 6.58 Å². The first-order valence-corrected chi connectivity index (χ1v) is 4.47. The van der Waals surface area contributed by atoms with Gasteiger partial charge in [0.25, 0.3) is 0 Å². The van der Waals surface area contributed by atoms with E-state index < -0.39 is 5.60 Å². The Morgan fingerprint density at radius 2 is 2.23 bits per heavy atom. The predicted octanol–water partition coefficient (Wildman–Crippen LogP) is 2.78. The Bertz CT molecular complexity index is 300. The average Bonchev–Trinajstić information content (AvgIpc) is 2.04. The largest absolute Gasteiger partial charge is 0.385 e. The van der Waals surface area contributed by atoms with Crippen molar-refractivity contribution < 1.29 is 5.11 Å². The lowest BCUT2D eigenvalue weighted by Gasteiger charge is -2.22. The number of hydrogen-bond acceptors (Lipinski definition) is 1. The molecular weight excluding hydrogens is 160 g/mol. The van der Waals surface area contributed by atoms with Crippen molar-refractivity contribution in [3.05, 3.63) is 48.0 Å². The van der Waals surface area contributed by atoms with Gasteiger partial charge in [0, 0.05) is 0 Å². The fourth-order valence-electron chi connectivity index (χ4n) is 1.38. The molecule has 1 aromatic carbocycles. The highest BCUT2D eigenvalue weighted by atomic mass is 16.3. The van der Waals surface area contributed by atoms with Crippen LogP contribution in [0.15, 0.2) is 36.9 Å². The van der Waals surface area contributed by atoms with Crippen LogP contribution in [0.2, 0.25) is 0 Å². The minimum Gasteiger partial charge on any atom is -0.385 e. The molecule has 0 aromatic heterocycles. The molecule has 1 nitrogen and oxygen atoms in total. The molecule has 1 aromatic rings. The maximum Gasteiger partial charge on any atom is 0.0902 e. The second kappa shape index (κ2) is 3.75. The van der Waals surface area contributed by atoms with Gasteiger partial charge in [0.2, 0.25) is 0 Å². The fraction of sp³-hybridized carbons (Fsp3) is 0.333. The Hall–Kier alpha value is -1.08. The summed E-state index contributed by atoms with van der Waals surface area (Å²) < 4.78 is 0. The van der Waals surface area contributed by atoms with Crippen LogP contribution in [0.25, 0.3) is 0 Å². The molecule has 1 atom stereocenters. The molecule has 0 heterocycles. The van der Waals surface area contributed by atoms with Crippen LogP contribution in [0.5, 0.6) is 0 Å². The monoisotopic (exact) mass is 176 g/mol. The van der Waals surface area contributed by atoms with Crippen LogP contribution in [-0.2, 0) is 5.60 Å². The number of hydrogen-bond donors (Lipinski definition) is 1. The van der Waals surface area contributed by atoms with Gasteiger partial charge in [-0.1, -0.05) is 35.9 Å². The summed E-state index contributed by atoms with van der Waals surface area (Å²) in [6.07, 6.45) is 2.32. The number of benzene rings is 1. The van der Waals surface area contributed by atoms with Crippen LogP contribution in [0, 0.1) is 6.92 Å². The quantitative estimate of drug-likeness (QED) is 0.702. The van der Waals surface area contributed by atoms with Crippen molar-refractivity contribution >= 4 is 0 Å². The Labute approximate surface area is 79.7 Å². The third-order valence-electron chi connectivity index (χ3n) is 2.18. The molecule has 0 bridgehead atoms. The zero-order valence-electron chi connectivity index (χ0n) is 8.25. The Kier molecular flexibility index (Phi) is 2.89. The van der Waals surface area contributed by atoms with Crippen molar-refractivity contribution in [3.8, 4) is 0 Å². The average molecular weight is 176 g/mol. The van der Waals surface area contributed by atoms with Gasteiger partial charge in [-0.25, -0.2) is 0 Å². The first-order valence-electron chi connectivity index (χ1n) is 4.47. The molecule has 70 valence electrons. The summed E-state index contributed by atoms with van der Waals surface area (Å²) >= 11 is 0. The molecule has 0 fully saturated rings. The topological polar surface area (TPSA) is 20.2 Å². The summed E-state index contributed by atoms with van der Waals surface area (Å²) in [6.45, 7) is 7.46. The molecule has 0 aliphatic carbocycles. The predicted molar refractivity (Wildman–Crippen MR) is 55.6 cm³/mol. The second-order valence-electron chi connectivity index (χ2n) is 3.64. The van der Waals surface area contributed by atoms with Crippen molar-refractivity contribution in [1.82, 2.24) is 0 Å². The van der Waals surface area contributed by atoms with Crippen molar-refractivity contribution in [2.24, 2.45) is 0 Å². The Morgan fingerprint density at radius 1 is 1.54 bits per heavy atom. The summed E-state index contributed by atoms with van der Waals surface area (Å²) in [5.74, 6) is 0. The van der Waals surface area contributed by atoms with E-state index in [9.17, 15) is 5.11 Å². The van der Waals surface area contributed by atoms with Crippen molar-refractivity contribution in [2.75, 3.05) is 0 Å². The number of aliphatic hydroxyl groups is 1. The molecule has 1 unspecified atom stereocenters. The van der Waals surface area contributed by atoms with E-state index in [1.165, 1.54) is 5.56 Å². The van der Waals surface area contributed by atoms with E-state index in [1.807, 2.05) is 38.1 Å². The molecule has 0 aliphatic heterocycles. The van der Waals surface area contributed by atoms with Crippen LogP contribution in [-0.4, -0.2) is 5.11 Å². The van der Waals surface area contributed by atoms with Gasteiger partial charge in [-0.2, -0.15) is 0 Å². The van der Waals surface area contributed by atoms with Gasteiger partial charge in [0.1, 0.15) is 0 Å². The van der Waals surface area contributed by atoms with Crippen LogP contribution in [0.4, 0.5) is 0 Å². The van der Waals surface area contributed by atoms with Gasteiger partial charge in [0.15, 0.2) is 0 Å². The van der Waals surface area contributed by atoms with E-state index in [0.29, 0.717) is 6.42 Å². The van der Waals surface area contributed by atoms with E-state index in [4.69, 9.17) is 0 Å². The molecule has 1 N–H and O–H groups in total.